The topological polar surface area (TPSA) is 35.2 Å². The van der Waals surface area contributed by atoms with E-state index in [4.69, 9.17) is 10.5 Å². The Kier molecular flexibility index (Phi) is 2.27. The third kappa shape index (κ3) is 1.75. The fourth-order valence-electron chi connectivity index (χ4n) is 3.28. The van der Waals surface area contributed by atoms with Crippen LogP contribution in [0.5, 0.6) is 5.75 Å². The predicted octanol–water partition coefficient (Wildman–Crippen LogP) is 3.13. The zero-order chi connectivity index (χ0) is 12.1. The quantitative estimate of drug-likeness (QED) is 0.806. The molecule has 1 saturated carbocycles. The van der Waals surface area contributed by atoms with Gasteiger partial charge in [-0.1, -0.05) is 31.0 Å². The van der Waals surface area contributed by atoms with Crippen LogP contribution in [0, 0.1) is 0 Å². The first kappa shape index (κ1) is 11.1. The Morgan fingerprint density at radius 2 is 1.88 bits per heavy atom. The molecule has 0 atom stereocenters. The van der Waals surface area contributed by atoms with Crippen molar-refractivity contribution in [1.82, 2.24) is 0 Å². The van der Waals surface area contributed by atoms with Crippen molar-refractivity contribution in [3.63, 3.8) is 0 Å². The zero-order valence-corrected chi connectivity index (χ0v) is 10.8. The standard InChI is InChI=1S/C15H21NO/c1-14(2)10-11-6-5-7-12(13(11)17-14)15(16)8-3-4-9-15/h5-7H,3-4,8-10,16H2,1-2H3. The van der Waals surface area contributed by atoms with E-state index in [1.165, 1.54) is 24.0 Å². The number of rotatable bonds is 1. The lowest BCUT2D eigenvalue weighted by molar-refractivity contribution is 0.135. The number of benzene rings is 1. The minimum Gasteiger partial charge on any atom is -0.487 e. The molecule has 0 bridgehead atoms. The summed E-state index contributed by atoms with van der Waals surface area (Å²) in [5, 5.41) is 0. The van der Waals surface area contributed by atoms with Gasteiger partial charge in [-0.2, -0.15) is 0 Å². The van der Waals surface area contributed by atoms with E-state index < -0.39 is 0 Å². The third-order valence-electron chi connectivity index (χ3n) is 4.12. The highest BCUT2D eigenvalue weighted by atomic mass is 16.5. The average Bonchev–Trinajstić information content (AvgIpc) is 2.79. The molecule has 1 aliphatic heterocycles. The second-order valence-corrected chi connectivity index (χ2v) is 6.20. The highest BCUT2D eigenvalue weighted by Crippen LogP contribution is 2.46. The van der Waals surface area contributed by atoms with Crippen molar-refractivity contribution in [2.45, 2.75) is 57.1 Å². The molecule has 0 amide bonds. The fourth-order valence-corrected chi connectivity index (χ4v) is 3.28. The van der Waals surface area contributed by atoms with Crippen LogP contribution in [-0.4, -0.2) is 5.60 Å². The van der Waals surface area contributed by atoms with Crippen molar-refractivity contribution in [2.75, 3.05) is 0 Å². The van der Waals surface area contributed by atoms with E-state index in [-0.39, 0.29) is 11.1 Å². The molecule has 3 rings (SSSR count). The van der Waals surface area contributed by atoms with Gasteiger partial charge in [0.25, 0.3) is 0 Å². The van der Waals surface area contributed by atoms with Gasteiger partial charge in [0.2, 0.25) is 0 Å². The van der Waals surface area contributed by atoms with Crippen LogP contribution < -0.4 is 10.5 Å². The molecule has 2 aliphatic rings. The summed E-state index contributed by atoms with van der Waals surface area (Å²) in [5.41, 5.74) is 8.90. The SMILES string of the molecule is CC1(C)Cc2cccc(C3(N)CCCC3)c2O1. The second-order valence-electron chi connectivity index (χ2n) is 6.20. The Bertz CT molecular complexity index is 444. The van der Waals surface area contributed by atoms with E-state index in [1.54, 1.807) is 0 Å². The molecule has 1 heterocycles. The van der Waals surface area contributed by atoms with Gasteiger partial charge in [-0.3, -0.25) is 0 Å². The van der Waals surface area contributed by atoms with E-state index in [0.29, 0.717) is 0 Å². The second kappa shape index (κ2) is 3.49. The summed E-state index contributed by atoms with van der Waals surface area (Å²) in [7, 11) is 0. The Hall–Kier alpha value is -1.02. The van der Waals surface area contributed by atoms with Crippen LogP contribution in [0.4, 0.5) is 0 Å². The van der Waals surface area contributed by atoms with Gasteiger partial charge in [-0.25, -0.2) is 0 Å². The van der Waals surface area contributed by atoms with Crippen LogP contribution in [0.2, 0.25) is 0 Å². The van der Waals surface area contributed by atoms with Gasteiger partial charge >= 0.3 is 0 Å². The lowest BCUT2D eigenvalue weighted by Gasteiger charge is -2.27. The first-order valence-electron chi connectivity index (χ1n) is 6.61. The molecule has 2 N–H and O–H groups in total. The van der Waals surface area contributed by atoms with Gasteiger partial charge in [0.05, 0.1) is 0 Å². The highest BCUT2D eigenvalue weighted by molar-refractivity contribution is 5.49. The Labute approximate surface area is 103 Å². The average molecular weight is 231 g/mol. The number of hydrogen-bond donors (Lipinski definition) is 1. The van der Waals surface area contributed by atoms with Crippen LogP contribution in [0.15, 0.2) is 18.2 Å². The summed E-state index contributed by atoms with van der Waals surface area (Å²) in [5.74, 6) is 1.07. The molecule has 1 aliphatic carbocycles. The molecule has 0 aromatic heterocycles. The number of ether oxygens (including phenoxy) is 1. The maximum Gasteiger partial charge on any atom is 0.128 e. The molecule has 1 fully saturated rings. The largest absolute Gasteiger partial charge is 0.487 e. The monoisotopic (exact) mass is 231 g/mol. The number of para-hydroxylation sites is 1. The van der Waals surface area contributed by atoms with Crippen LogP contribution in [0.3, 0.4) is 0 Å². The van der Waals surface area contributed by atoms with Crippen molar-refractivity contribution < 1.29 is 4.74 Å². The molecule has 17 heavy (non-hydrogen) atoms. The van der Waals surface area contributed by atoms with Crippen LogP contribution in [-0.2, 0) is 12.0 Å². The Morgan fingerprint density at radius 1 is 1.18 bits per heavy atom. The maximum absolute atomic E-state index is 6.56. The highest BCUT2D eigenvalue weighted by Gasteiger charge is 2.39. The van der Waals surface area contributed by atoms with E-state index in [2.05, 4.69) is 32.0 Å². The van der Waals surface area contributed by atoms with E-state index >= 15 is 0 Å². The number of hydrogen-bond acceptors (Lipinski definition) is 2. The Morgan fingerprint density at radius 3 is 2.59 bits per heavy atom. The van der Waals surface area contributed by atoms with Crippen molar-refractivity contribution in [2.24, 2.45) is 5.73 Å². The molecule has 0 unspecified atom stereocenters. The smallest absolute Gasteiger partial charge is 0.128 e. The molecular formula is C15H21NO. The first-order valence-corrected chi connectivity index (χ1v) is 6.61. The molecule has 1 aromatic rings. The van der Waals surface area contributed by atoms with Gasteiger partial charge in [0.15, 0.2) is 0 Å². The summed E-state index contributed by atoms with van der Waals surface area (Å²) in [4.78, 5) is 0. The molecule has 1 aromatic carbocycles. The summed E-state index contributed by atoms with van der Waals surface area (Å²) in [6, 6.07) is 6.46. The number of nitrogens with two attached hydrogens (primary N) is 1. The molecule has 92 valence electrons. The van der Waals surface area contributed by atoms with E-state index in [9.17, 15) is 0 Å². The fraction of sp³-hybridized carbons (Fsp3) is 0.600. The summed E-state index contributed by atoms with van der Waals surface area (Å²) >= 11 is 0. The first-order chi connectivity index (χ1) is 8.00. The van der Waals surface area contributed by atoms with Gasteiger partial charge in [-0.05, 0) is 32.3 Å². The lowest BCUT2D eigenvalue weighted by atomic mass is 9.87. The lowest BCUT2D eigenvalue weighted by Crippen LogP contribution is -2.34. The normalized spacial score (nSPS) is 24.4. The van der Waals surface area contributed by atoms with Gasteiger partial charge in [-0.15, -0.1) is 0 Å². The minimum absolute atomic E-state index is 0.0760. The summed E-state index contributed by atoms with van der Waals surface area (Å²) in [6.45, 7) is 4.29. The van der Waals surface area contributed by atoms with E-state index in [0.717, 1.165) is 25.0 Å². The Balaban J connectivity index is 2.06. The molecule has 0 radical (unpaired) electrons. The third-order valence-corrected chi connectivity index (χ3v) is 4.12. The van der Waals surface area contributed by atoms with Gasteiger partial charge in [0.1, 0.15) is 11.4 Å². The maximum atomic E-state index is 6.56. The van der Waals surface area contributed by atoms with Gasteiger partial charge < -0.3 is 10.5 Å². The minimum atomic E-state index is -0.147. The molecule has 2 nitrogen and oxygen atoms in total. The van der Waals surface area contributed by atoms with Crippen molar-refractivity contribution in [3.05, 3.63) is 29.3 Å². The van der Waals surface area contributed by atoms with Crippen LogP contribution >= 0.6 is 0 Å². The van der Waals surface area contributed by atoms with Crippen LogP contribution in [0.1, 0.15) is 50.7 Å². The van der Waals surface area contributed by atoms with Crippen LogP contribution in [0.25, 0.3) is 0 Å². The van der Waals surface area contributed by atoms with Gasteiger partial charge in [0, 0.05) is 17.5 Å². The predicted molar refractivity (Wildman–Crippen MR) is 69.2 cm³/mol. The van der Waals surface area contributed by atoms with Crippen molar-refractivity contribution in [3.8, 4) is 5.75 Å². The molecule has 2 heteroatoms. The summed E-state index contributed by atoms with van der Waals surface area (Å²) in [6.07, 6.45) is 5.65. The van der Waals surface area contributed by atoms with Crippen molar-refractivity contribution in [1.29, 1.82) is 0 Å². The molecule has 0 saturated heterocycles. The molecular weight excluding hydrogens is 210 g/mol. The number of fused-ring (bicyclic) bond motifs is 1. The summed E-state index contributed by atoms with van der Waals surface area (Å²) < 4.78 is 6.12. The molecule has 0 spiro atoms. The zero-order valence-electron chi connectivity index (χ0n) is 10.8. The van der Waals surface area contributed by atoms with Crippen molar-refractivity contribution >= 4 is 0 Å². The van der Waals surface area contributed by atoms with E-state index in [1.807, 2.05) is 0 Å².